The molecule has 0 radical (unpaired) electrons. The van der Waals surface area contributed by atoms with Crippen molar-refractivity contribution in [3.8, 4) is 0 Å². The molecular weight excluding hydrogens is 460 g/mol. The number of carboxylic acids is 1. The van der Waals surface area contributed by atoms with E-state index in [0.29, 0.717) is 52.5 Å². The van der Waals surface area contributed by atoms with Crippen molar-refractivity contribution in [1.29, 1.82) is 0 Å². The Morgan fingerprint density at radius 3 is 2.06 bits per heavy atom. The number of carboxylic acid groups (broad SMARTS) is 1. The lowest BCUT2D eigenvalue weighted by Crippen LogP contribution is -2.58. The van der Waals surface area contributed by atoms with E-state index in [-0.39, 0.29) is 31.8 Å². The van der Waals surface area contributed by atoms with Gasteiger partial charge in [0.05, 0.1) is 39.6 Å². The van der Waals surface area contributed by atoms with Crippen LogP contribution in [0.5, 0.6) is 0 Å². The topological polar surface area (TPSA) is 153 Å². The smallest absolute Gasteiger partial charge is 0.323 e. The minimum Gasteiger partial charge on any atom is -0.480 e. The van der Waals surface area contributed by atoms with Crippen LogP contribution in [0.4, 0.5) is 0 Å². The van der Waals surface area contributed by atoms with E-state index in [0.717, 1.165) is 32.5 Å². The molecule has 0 aromatic rings. The van der Waals surface area contributed by atoms with Gasteiger partial charge in [-0.3, -0.25) is 19.3 Å². The maximum Gasteiger partial charge on any atom is 0.323 e. The summed E-state index contributed by atoms with van der Waals surface area (Å²) in [7, 11) is 3.27. The number of unbranched alkanes of at least 4 members (excludes halogenated alkanes) is 1. The van der Waals surface area contributed by atoms with Crippen molar-refractivity contribution in [2.45, 2.75) is 43.7 Å². The van der Waals surface area contributed by atoms with Crippen molar-refractivity contribution in [2.24, 2.45) is 5.73 Å². The average molecular weight is 505 g/mol. The molecule has 1 rings (SSSR count). The number of likely N-dealkylation sites (tertiary alicyclic amines) is 1. The SMILES string of the molecule is COCCOCCN(CCCCC(NC=O)C(=O)N1CCC(N)(C(=O)O)CC1)CCOCCOC. The summed E-state index contributed by atoms with van der Waals surface area (Å²) in [6, 6.07) is -0.634. The van der Waals surface area contributed by atoms with Gasteiger partial charge in [-0.05, 0) is 38.6 Å². The predicted molar refractivity (Wildman–Crippen MR) is 129 cm³/mol. The van der Waals surface area contributed by atoms with Crippen molar-refractivity contribution >= 4 is 18.3 Å². The highest BCUT2D eigenvalue weighted by atomic mass is 16.5. The second-order valence-corrected chi connectivity index (χ2v) is 8.67. The zero-order valence-corrected chi connectivity index (χ0v) is 21.2. The van der Waals surface area contributed by atoms with E-state index in [1.165, 1.54) is 0 Å². The third-order valence-electron chi connectivity index (χ3n) is 6.15. The molecule has 4 N–H and O–H groups in total. The van der Waals surface area contributed by atoms with Crippen molar-refractivity contribution in [2.75, 3.05) is 86.6 Å². The molecule has 0 aromatic carbocycles. The molecule has 1 atom stereocenters. The van der Waals surface area contributed by atoms with Crippen LogP contribution in [0.3, 0.4) is 0 Å². The number of ether oxygens (including phenoxy) is 4. The number of nitrogens with zero attached hydrogens (tertiary/aromatic N) is 2. The molecule has 0 saturated carbocycles. The lowest BCUT2D eigenvalue weighted by Gasteiger charge is -2.37. The van der Waals surface area contributed by atoms with Crippen LogP contribution in [0, 0.1) is 0 Å². The fourth-order valence-electron chi connectivity index (χ4n) is 3.82. The third kappa shape index (κ3) is 12.6. The first-order valence-electron chi connectivity index (χ1n) is 12.2. The van der Waals surface area contributed by atoms with E-state index in [1.807, 2.05) is 0 Å². The molecule has 1 aliphatic rings. The van der Waals surface area contributed by atoms with Gasteiger partial charge < -0.3 is 40.0 Å². The summed E-state index contributed by atoms with van der Waals surface area (Å²) in [6.07, 6.45) is 3.00. The molecule has 0 spiro atoms. The number of amides is 2. The number of aliphatic carboxylic acids is 1. The average Bonchev–Trinajstić information content (AvgIpc) is 2.85. The summed E-state index contributed by atoms with van der Waals surface area (Å²) in [5.74, 6) is -1.25. The number of piperidine rings is 1. The zero-order chi connectivity index (χ0) is 25.9. The number of nitrogens with two attached hydrogens (primary N) is 1. The summed E-state index contributed by atoms with van der Waals surface area (Å²) in [5, 5.41) is 11.9. The summed E-state index contributed by atoms with van der Waals surface area (Å²) in [4.78, 5) is 39.2. The highest BCUT2D eigenvalue weighted by molar-refractivity contribution is 5.84. The van der Waals surface area contributed by atoms with E-state index in [4.69, 9.17) is 24.7 Å². The van der Waals surface area contributed by atoms with E-state index in [2.05, 4.69) is 10.2 Å². The molecule has 12 nitrogen and oxygen atoms in total. The summed E-state index contributed by atoms with van der Waals surface area (Å²) >= 11 is 0. The van der Waals surface area contributed by atoms with E-state index >= 15 is 0 Å². The van der Waals surface area contributed by atoms with Gasteiger partial charge in [-0.1, -0.05) is 0 Å². The molecule has 2 amide bonds. The van der Waals surface area contributed by atoms with Crippen molar-refractivity contribution in [1.82, 2.24) is 15.1 Å². The van der Waals surface area contributed by atoms with E-state index in [9.17, 15) is 19.5 Å². The molecular formula is C23H44N4O8. The van der Waals surface area contributed by atoms with Crippen molar-refractivity contribution in [3.63, 3.8) is 0 Å². The van der Waals surface area contributed by atoms with Gasteiger partial charge in [-0.2, -0.15) is 0 Å². The van der Waals surface area contributed by atoms with Crippen molar-refractivity contribution in [3.05, 3.63) is 0 Å². The minimum absolute atomic E-state index is 0.190. The first kappa shape index (κ1) is 31.2. The predicted octanol–water partition coefficient (Wildman–Crippen LogP) is -0.696. The summed E-state index contributed by atoms with van der Waals surface area (Å²) in [6.45, 7) is 6.21. The van der Waals surface area contributed by atoms with Gasteiger partial charge in [0, 0.05) is 40.4 Å². The van der Waals surface area contributed by atoms with Gasteiger partial charge in [0.15, 0.2) is 0 Å². The van der Waals surface area contributed by atoms with Gasteiger partial charge in [-0.25, -0.2) is 0 Å². The van der Waals surface area contributed by atoms with Crippen LogP contribution >= 0.6 is 0 Å². The van der Waals surface area contributed by atoms with Crippen LogP contribution in [0.2, 0.25) is 0 Å². The fourth-order valence-corrected chi connectivity index (χ4v) is 3.82. The Balaban J connectivity index is 2.45. The molecule has 12 heteroatoms. The first-order valence-corrected chi connectivity index (χ1v) is 12.2. The zero-order valence-electron chi connectivity index (χ0n) is 21.2. The number of hydrogen-bond acceptors (Lipinski definition) is 9. The Bertz CT molecular complexity index is 588. The van der Waals surface area contributed by atoms with Gasteiger partial charge in [-0.15, -0.1) is 0 Å². The first-order chi connectivity index (χ1) is 16.9. The highest BCUT2D eigenvalue weighted by Gasteiger charge is 2.39. The van der Waals surface area contributed by atoms with Crippen LogP contribution in [-0.2, 0) is 33.3 Å². The van der Waals surface area contributed by atoms with Crippen LogP contribution in [0.25, 0.3) is 0 Å². The molecule has 204 valence electrons. The highest BCUT2D eigenvalue weighted by Crippen LogP contribution is 2.21. The van der Waals surface area contributed by atoms with Gasteiger partial charge in [0.25, 0.3) is 0 Å². The van der Waals surface area contributed by atoms with Gasteiger partial charge in [0.2, 0.25) is 12.3 Å². The molecule has 0 aromatic heterocycles. The second kappa shape index (κ2) is 18.4. The number of carbonyl (C=O) groups is 3. The molecule has 1 heterocycles. The Hall–Kier alpha value is -1.83. The minimum atomic E-state index is -1.30. The lowest BCUT2D eigenvalue weighted by molar-refractivity contribution is -0.148. The van der Waals surface area contributed by atoms with Gasteiger partial charge >= 0.3 is 5.97 Å². The maximum atomic E-state index is 12.9. The van der Waals surface area contributed by atoms with E-state index < -0.39 is 17.6 Å². The Labute approximate surface area is 208 Å². The largest absolute Gasteiger partial charge is 0.480 e. The van der Waals surface area contributed by atoms with Crippen molar-refractivity contribution < 1.29 is 38.4 Å². The van der Waals surface area contributed by atoms with Crippen LogP contribution in [-0.4, -0.2) is 131 Å². The van der Waals surface area contributed by atoms with Crippen LogP contribution in [0.1, 0.15) is 32.1 Å². The van der Waals surface area contributed by atoms with Gasteiger partial charge in [0.1, 0.15) is 11.6 Å². The molecule has 1 aliphatic heterocycles. The molecule has 1 fully saturated rings. The molecule has 1 saturated heterocycles. The Morgan fingerprint density at radius 2 is 1.57 bits per heavy atom. The monoisotopic (exact) mass is 504 g/mol. The summed E-state index contributed by atoms with van der Waals surface area (Å²) < 4.78 is 21.1. The quantitative estimate of drug-likeness (QED) is 0.135. The Kier molecular flexibility index (Phi) is 16.4. The van der Waals surface area contributed by atoms with E-state index in [1.54, 1.807) is 19.1 Å². The lowest BCUT2D eigenvalue weighted by atomic mass is 9.88. The summed E-state index contributed by atoms with van der Waals surface area (Å²) in [5.41, 5.74) is 4.60. The maximum absolute atomic E-state index is 12.9. The molecule has 0 bridgehead atoms. The number of carbonyl (C=O) groups excluding carboxylic acids is 2. The number of rotatable bonds is 21. The number of nitrogens with one attached hydrogen (secondary N) is 1. The van der Waals surface area contributed by atoms with Crippen LogP contribution in [0.15, 0.2) is 0 Å². The Morgan fingerprint density at radius 1 is 1.00 bits per heavy atom. The fraction of sp³-hybridized carbons (Fsp3) is 0.870. The molecule has 1 unspecified atom stereocenters. The normalized spacial score (nSPS) is 16.3. The van der Waals surface area contributed by atoms with Crippen LogP contribution < -0.4 is 11.1 Å². The molecule has 0 aliphatic carbocycles. The second-order valence-electron chi connectivity index (χ2n) is 8.67. The third-order valence-corrected chi connectivity index (χ3v) is 6.15. The number of hydrogen-bond donors (Lipinski definition) is 3. The number of methoxy groups -OCH3 is 2. The standard InChI is InChI=1S/C23H44N4O8/c1-32-15-17-34-13-11-26(12-14-35-18-16-33-2)8-4-3-5-20(25-19-28)21(29)27-9-6-23(24,7-10-27)22(30)31/h19-20H,3-18,24H2,1-2H3,(H,25,28)(H,30,31). The molecule has 35 heavy (non-hydrogen) atoms.